The average Bonchev–Trinajstić information content (AvgIpc) is 2.73. The van der Waals surface area contributed by atoms with Crippen LogP contribution >= 0.6 is 0 Å². The van der Waals surface area contributed by atoms with Crippen molar-refractivity contribution in [3.63, 3.8) is 0 Å². The van der Waals surface area contributed by atoms with Gasteiger partial charge in [-0.2, -0.15) is 0 Å². The van der Waals surface area contributed by atoms with Crippen molar-refractivity contribution in [2.24, 2.45) is 0 Å². The molecule has 2 aromatic carbocycles. The molecule has 2 aliphatic rings. The number of benzene rings is 2. The minimum atomic E-state index is -0.156. The van der Waals surface area contributed by atoms with Gasteiger partial charge in [0.25, 0.3) is 0 Å². The number of hydrogen-bond acceptors (Lipinski definition) is 5. The van der Waals surface area contributed by atoms with Gasteiger partial charge in [0, 0.05) is 31.9 Å². The molecule has 2 heterocycles. The highest BCUT2D eigenvalue weighted by Crippen LogP contribution is 2.30. The van der Waals surface area contributed by atoms with Gasteiger partial charge in [0.1, 0.15) is 12.7 Å². The second-order valence-electron chi connectivity index (χ2n) is 7.35. The number of ether oxygens (including phenoxy) is 2. The lowest BCUT2D eigenvalue weighted by Gasteiger charge is -2.36. The Morgan fingerprint density at radius 2 is 1.75 bits per heavy atom. The third kappa shape index (κ3) is 4.39. The quantitative estimate of drug-likeness (QED) is 0.859. The lowest BCUT2D eigenvalue weighted by molar-refractivity contribution is -0.122. The van der Waals surface area contributed by atoms with Crippen molar-refractivity contribution in [2.45, 2.75) is 13.0 Å². The predicted octanol–water partition coefficient (Wildman–Crippen LogP) is 2.07. The number of nitrogens with one attached hydrogen (secondary N) is 1. The number of carbonyl (C=O) groups excluding carboxylic acids is 1. The number of aryl methyl sites for hydroxylation is 1. The molecule has 28 heavy (non-hydrogen) atoms. The first-order valence-electron chi connectivity index (χ1n) is 9.87. The molecule has 0 saturated carbocycles. The summed E-state index contributed by atoms with van der Waals surface area (Å²) in [5.41, 5.74) is 2.59. The summed E-state index contributed by atoms with van der Waals surface area (Å²) < 4.78 is 11.6. The van der Waals surface area contributed by atoms with Gasteiger partial charge in [-0.3, -0.25) is 9.69 Å². The topological polar surface area (TPSA) is 54.0 Å². The Bertz CT molecular complexity index is 818. The SMILES string of the molecule is Cc1ccccc1N1CCN(CC(=O)NCC2COc3ccccc3O2)CC1. The van der Waals surface area contributed by atoms with E-state index in [0.29, 0.717) is 19.7 Å². The maximum absolute atomic E-state index is 12.3. The number of nitrogens with zero attached hydrogens (tertiary/aromatic N) is 2. The van der Waals surface area contributed by atoms with Crippen LogP contribution in [0.25, 0.3) is 0 Å². The van der Waals surface area contributed by atoms with E-state index < -0.39 is 0 Å². The summed E-state index contributed by atoms with van der Waals surface area (Å²) in [4.78, 5) is 16.9. The van der Waals surface area contributed by atoms with Gasteiger partial charge in [0.15, 0.2) is 11.5 Å². The van der Waals surface area contributed by atoms with E-state index in [1.54, 1.807) is 0 Å². The number of carbonyl (C=O) groups is 1. The minimum absolute atomic E-state index is 0.0341. The van der Waals surface area contributed by atoms with E-state index >= 15 is 0 Å². The molecule has 0 aliphatic carbocycles. The minimum Gasteiger partial charge on any atom is -0.486 e. The van der Waals surface area contributed by atoms with Gasteiger partial charge in [-0.25, -0.2) is 0 Å². The number of fused-ring (bicyclic) bond motifs is 1. The van der Waals surface area contributed by atoms with Crippen molar-refractivity contribution in [1.29, 1.82) is 0 Å². The maximum atomic E-state index is 12.3. The lowest BCUT2D eigenvalue weighted by Crippen LogP contribution is -2.50. The van der Waals surface area contributed by atoms with Crippen LogP contribution in [-0.4, -0.2) is 62.8 Å². The summed E-state index contributed by atoms with van der Waals surface area (Å²) in [6.07, 6.45) is -0.156. The molecular formula is C22H27N3O3. The normalized spacial score (nSPS) is 19.3. The molecule has 1 N–H and O–H groups in total. The van der Waals surface area contributed by atoms with Crippen LogP contribution in [0.15, 0.2) is 48.5 Å². The zero-order valence-corrected chi connectivity index (χ0v) is 16.3. The third-order valence-corrected chi connectivity index (χ3v) is 5.29. The molecule has 1 atom stereocenters. The molecule has 1 unspecified atom stereocenters. The molecule has 1 fully saturated rings. The number of rotatable bonds is 5. The summed E-state index contributed by atoms with van der Waals surface area (Å²) in [7, 11) is 0. The highest BCUT2D eigenvalue weighted by molar-refractivity contribution is 5.78. The van der Waals surface area contributed by atoms with Crippen LogP contribution < -0.4 is 19.7 Å². The molecule has 0 aromatic heterocycles. The van der Waals surface area contributed by atoms with Crippen molar-refractivity contribution < 1.29 is 14.3 Å². The molecule has 2 aliphatic heterocycles. The fourth-order valence-electron chi connectivity index (χ4n) is 3.72. The Kier molecular flexibility index (Phi) is 5.67. The summed E-state index contributed by atoms with van der Waals surface area (Å²) in [6.45, 7) is 7.12. The molecule has 148 valence electrons. The van der Waals surface area contributed by atoms with E-state index in [2.05, 4.69) is 46.3 Å². The van der Waals surface area contributed by atoms with E-state index in [9.17, 15) is 4.79 Å². The van der Waals surface area contributed by atoms with Crippen LogP contribution in [-0.2, 0) is 4.79 Å². The highest BCUT2D eigenvalue weighted by atomic mass is 16.6. The molecule has 0 spiro atoms. The van der Waals surface area contributed by atoms with Crippen LogP contribution in [0, 0.1) is 6.92 Å². The first kappa shape index (κ1) is 18.6. The summed E-state index contributed by atoms with van der Waals surface area (Å²) in [6, 6.07) is 16.1. The smallest absolute Gasteiger partial charge is 0.234 e. The first-order valence-corrected chi connectivity index (χ1v) is 9.87. The van der Waals surface area contributed by atoms with Crippen molar-refractivity contribution in [1.82, 2.24) is 10.2 Å². The largest absolute Gasteiger partial charge is 0.486 e. The number of anilines is 1. The number of amides is 1. The van der Waals surface area contributed by atoms with Crippen LogP contribution in [0.1, 0.15) is 5.56 Å². The van der Waals surface area contributed by atoms with E-state index in [4.69, 9.17) is 9.47 Å². The van der Waals surface area contributed by atoms with Gasteiger partial charge in [0.05, 0.1) is 13.1 Å². The molecule has 0 bridgehead atoms. The Morgan fingerprint density at radius 3 is 2.54 bits per heavy atom. The van der Waals surface area contributed by atoms with E-state index in [-0.39, 0.29) is 12.0 Å². The standard InChI is InChI=1S/C22H27N3O3/c1-17-6-2-3-7-19(17)25-12-10-24(11-13-25)15-22(26)23-14-18-16-27-20-8-4-5-9-21(20)28-18/h2-9,18H,10-16H2,1H3,(H,23,26). The zero-order valence-electron chi connectivity index (χ0n) is 16.3. The maximum Gasteiger partial charge on any atom is 0.234 e. The van der Waals surface area contributed by atoms with Gasteiger partial charge < -0.3 is 19.7 Å². The van der Waals surface area contributed by atoms with Gasteiger partial charge in [0.2, 0.25) is 5.91 Å². The van der Waals surface area contributed by atoms with E-state index in [1.807, 2.05) is 24.3 Å². The second kappa shape index (κ2) is 8.52. The van der Waals surface area contributed by atoms with E-state index in [0.717, 1.165) is 37.7 Å². The van der Waals surface area contributed by atoms with Gasteiger partial charge >= 0.3 is 0 Å². The molecule has 6 heteroatoms. The van der Waals surface area contributed by atoms with Crippen molar-refractivity contribution in [2.75, 3.05) is 50.8 Å². The monoisotopic (exact) mass is 381 g/mol. The summed E-state index contributed by atoms with van der Waals surface area (Å²) >= 11 is 0. The lowest BCUT2D eigenvalue weighted by atomic mass is 10.1. The van der Waals surface area contributed by atoms with Crippen LogP contribution in [0.2, 0.25) is 0 Å². The number of hydrogen-bond donors (Lipinski definition) is 1. The highest BCUT2D eigenvalue weighted by Gasteiger charge is 2.23. The third-order valence-electron chi connectivity index (χ3n) is 5.29. The number of piperazine rings is 1. The van der Waals surface area contributed by atoms with Crippen molar-refractivity contribution in [3.05, 3.63) is 54.1 Å². The zero-order chi connectivity index (χ0) is 19.3. The Morgan fingerprint density at radius 1 is 1.04 bits per heavy atom. The molecule has 0 radical (unpaired) electrons. The average molecular weight is 381 g/mol. The first-order chi connectivity index (χ1) is 13.7. The fraction of sp³-hybridized carbons (Fsp3) is 0.409. The summed E-state index contributed by atoms with van der Waals surface area (Å²) in [5.74, 6) is 1.53. The summed E-state index contributed by atoms with van der Waals surface area (Å²) in [5, 5.41) is 2.98. The number of para-hydroxylation sites is 3. The van der Waals surface area contributed by atoms with Crippen LogP contribution in [0.4, 0.5) is 5.69 Å². The van der Waals surface area contributed by atoms with Crippen molar-refractivity contribution >= 4 is 11.6 Å². The van der Waals surface area contributed by atoms with Crippen LogP contribution in [0.5, 0.6) is 11.5 Å². The molecule has 1 saturated heterocycles. The Balaban J connectivity index is 1.20. The molecule has 6 nitrogen and oxygen atoms in total. The van der Waals surface area contributed by atoms with Gasteiger partial charge in [-0.15, -0.1) is 0 Å². The van der Waals surface area contributed by atoms with Crippen LogP contribution in [0.3, 0.4) is 0 Å². The van der Waals surface area contributed by atoms with Gasteiger partial charge in [-0.1, -0.05) is 30.3 Å². The Labute approximate surface area is 166 Å². The van der Waals surface area contributed by atoms with Crippen molar-refractivity contribution in [3.8, 4) is 11.5 Å². The molecule has 1 amide bonds. The van der Waals surface area contributed by atoms with E-state index in [1.165, 1.54) is 11.3 Å². The molecular weight excluding hydrogens is 354 g/mol. The Hall–Kier alpha value is -2.73. The molecule has 2 aromatic rings. The predicted molar refractivity (Wildman–Crippen MR) is 109 cm³/mol. The molecule has 4 rings (SSSR count). The second-order valence-corrected chi connectivity index (χ2v) is 7.35. The van der Waals surface area contributed by atoms with Gasteiger partial charge in [-0.05, 0) is 30.7 Å². The fourth-order valence-corrected chi connectivity index (χ4v) is 3.72.